The van der Waals surface area contributed by atoms with Crippen LogP contribution in [-0.2, 0) is 11.2 Å². The first-order chi connectivity index (χ1) is 11.3. The molecule has 0 fully saturated rings. The Labute approximate surface area is 144 Å². The number of ketones is 1. The van der Waals surface area contributed by atoms with E-state index in [9.17, 15) is 14.7 Å². The number of nitrogens with one attached hydrogen (secondary N) is 1. The third kappa shape index (κ3) is 3.71. The molecule has 0 saturated heterocycles. The summed E-state index contributed by atoms with van der Waals surface area (Å²) in [7, 11) is 0. The fourth-order valence-corrected chi connectivity index (χ4v) is 3.85. The maximum Gasteiger partial charge on any atom is 0.229 e. The molecule has 1 atom stereocenters. The molecule has 6 heteroatoms. The van der Waals surface area contributed by atoms with Crippen LogP contribution in [0.15, 0.2) is 30.3 Å². The fourth-order valence-electron chi connectivity index (χ4n) is 2.91. The third-order valence-corrected chi connectivity index (χ3v) is 5.10. The van der Waals surface area contributed by atoms with Crippen molar-refractivity contribution in [3.63, 3.8) is 0 Å². The monoisotopic (exact) mass is 344 g/mol. The van der Waals surface area contributed by atoms with Crippen LogP contribution in [0.4, 0.5) is 5.13 Å². The largest absolute Gasteiger partial charge is 0.388 e. The number of anilines is 1. The van der Waals surface area contributed by atoms with Crippen LogP contribution in [0.25, 0.3) is 0 Å². The Morgan fingerprint density at radius 2 is 2.04 bits per heavy atom. The van der Waals surface area contributed by atoms with Crippen LogP contribution in [0.5, 0.6) is 0 Å². The van der Waals surface area contributed by atoms with E-state index in [0.29, 0.717) is 22.0 Å². The highest BCUT2D eigenvalue weighted by atomic mass is 32.1. The molecular weight excluding hydrogens is 324 g/mol. The lowest BCUT2D eigenvalue weighted by Crippen LogP contribution is -2.26. The highest BCUT2D eigenvalue weighted by Gasteiger charge is 2.34. The van der Waals surface area contributed by atoms with Crippen LogP contribution in [0.3, 0.4) is 0 Å². The first kappa shape index (κ1) is 16.8. The van der Waals surface area contributed by atoms with E-state index in [4.69, 9.17) is 0 Å². The molecule has 1 amide bonds. The lowest BCUT2D eigenvalue weighted by Gasteiger charge is -2.26. The molecule has 0 spiro atoms. The summed E-state index contributed by atoms with van der Waals surface area (Å²) in [4.78, 5) is 29.4. The minimum atomic E-state index is -0.860. The van der Waals surface area contributed by atoms with Crippen molar-refractivity contribution >= 4 is 28.2 Å². The van der Waals surface area contributed by atoms with Crippen molar-refractivity contribution in [3.8, 4) is 0 Å². The minimum Gasteiger partial charge on any atom is -0.388 e. The lowest BCUT2D eigenvalue weighted by molar-refractivity contribution is -0.118. The molecule has 2 N–H and O–H groups in total. The van der Waals surface area contributed by atoms with Gasteiger partial charge in [-0.3, -0.25) is 9.59 Å². The lowest BCUT2D eigenvalue weighted by atomic mass is 9.78. The van der Waals surface area contributed by atoms with E-state index >= 15 is 0 Å². The molecule has 24 heavy (non-hydrogen) atoms. The van der Waals surface area contributed by atoms with Gasteiger partial charge in [0.2, 0.25) is 5.91 Å². The van der Waals surface area contributed by atoms with E-state index in [0.717, 1.165) is 12.1 Å². The normalized spacial score (nSPS) is 17.2. The van der Waals surface area contributed by atoms with Gasteiger partial charge in [-0.2, -0.15) is 0 Å². The quantitative estimate of drug-likeness (QED) is 0.891. The van der Waals surface area contributed by atoms with Crippen molar-refractivity contribution in [1.82, 2.24) is 4.98 Å². The molecule has 0 saturated carbocycles. The topological polar surface area (TPSA) is 79.3 Å². The summed E-state index contributed by atoms with van der Waals surface area (Å²) in [5.74, 6) is -0.229. The number of carbonyl (C=O) groups excluding carboxylic acids is 2. The van der Waals surface area contributed by atoms with Gasteiger partial charge in [0, 0.05) is 6.42 Å². The van der Waals surface area contributed by atoms with Gasteiger partial charge in [0.05, 0.1) is 23.1 Å². The second-order valence-corrected chi connectivity index (χ2v) is 7.91. The fraction of sp³-hybridized carbons (Fsp3) is 0.389. The number of aromatic nitrogens is 1. The Hall–Kier alpha value is -2.05. The molecule has 0 bridgehead atoms. The number of hydrogen-bond donors (Lipinski definition) is 2. The van der Waals surface area contributed by atoms with E-state index in [1.807, 2.05) is 32.0 Å². The number of Topliss-reactive ketones (excluding diaryl/α,β-unsaturated/α-hetero) is 1. The number of amides is 1. The SMILES string of the molecule is CC1(C)CC(=O)c2sc(NC(=O)CC(O)c3ccccc3)nc2C1. The van der Waals surface area contributed by atoms with Gasteiger partial charge < -0.3 is 10.4 Å². The van der Waals surface area contributed by atoms with Gasteiger partial charge in [-0.1, -0.05) is 55.5 Å². The average molecular weight is 344 g/mol. The average Bonchev–Trinajstić information content (AvgIpc) is 2.89. The molecule has 0 aliphatic heterocycles. The van der Waals surface area contributed by atoms with E-state index in [1.54, 1.807) is 12.1 Å². The van der Waals surface area contributed by atoms with Crippen molar-refractivity contribution in [2.45, 2.75) is 39.2 Å². The summed E-state index contributed by atoms with van der Waals surface area (Å²) in [5.41, 5.74) is 1.37. The Bertz CT molecular complexity index is 768. The number of carbonyl (C=O) groups is 2. The molecule has 0 radical (unpaired) electrons. The molecule has 1 aliphatic carbocycles. The van der Waals surface area contributed by atoms with Crippen LogP contribution in [0.2, 0.25) is 0 Å². The van der Waals surface area contributed by atoms with Crippen LogP contribution in [0, 0.1) is 5.41 Å². The molecule has 1 aliphatic rings. The zero-order valence-corrected chi connectivity index (χ0v) is 14.5. The Balaban J connectivity index is 1.67. The number of aliphatic hydroxyl groups is 1. The standard InChI is InChI=1S/C18H20N2O3S/c1-18(2)9-12-16(14(22)10-18)24-17(19-12)20-15(23)8-13(21)11-6-4-3-5-7-11/h3-7,13,21H,8-10H2,1-2H3,(H,19,20,23). The predicted octanol–water partition coefficient (Wildman–Crippen LogP) is 3.36. The second-order valence-electron chi connectivity index (χ2n) is 6.91. The smallest absolute Gasteiger partial charge is 0.229 e. The highest BCUT2D eigenvalue weighted by Crippen LogP contribution is 2.38. The number of aliphatic hydroxyl groups excluding tert-OH is 1. The Kier molecular flexibility index (Phi) is 4.51. The van der Waals surface area contributed by atoms with Crippen molar-refractivity contribution in [1.29, 1.82) is 0 Å². The molecule has 5 nitrogen and oxygen atoms in total. The van der Waals surface area contributed by atoms with E-state index in [2.05, 4.69) is 10.3 Å². The van der Waals surface area contributed by atoms with Gasteiger partial charge in [-0.05, 0) is 17.4 Å². The van der Waals surface area contributed by atoms with Gasteiger partial charge in [-0.15, -0.1) is 0 Å². The number of rotatable bonds is 4. The molecule has 1 unspecified atom stereocenters. The molecular formula is C18H20N2O3S. The Morgan fingerprint density at radius 1 is 1.33 bits per heavy atom. The Morgan fingerprint density at radius 3 is 2.75 bits per heavy atom. The van der Waals surface area contributed by atoms with E-state index in [-0.39, 0.29) is 23.5 Å². The van der Waals surface area contributed by atoms with E-state index in [1.165, 1.54) is 11.3 Å². The maximum atomic E-state index is 12.2. The first-order valence-corrected chi connectivity index (χ1v) is 8.71. The van der Waals surface area contributed by atoms with Crippen LogP contribution >= 0.6 is 11.3 Å². The summed E-state index contributed by atoms with van der Waals surface area (Å²) in [6, 6.07) is 9.05. The van der Waals surface area contributed by atoms with Crippen molar-refractivity contribution in [3.05, 3.63) is 46.5 Å². The molecule has 1 aromatic heterocycles. The summed E-state index contributed by atoms with van der Waals surface area (Å²) < 4.78 is 0. The molecule has 3 rings (SSSR count). The molecule has 2 aromatic rings. The summed E-state index contributed by atoms with van der Waals surface area (Å²) in [6.45, 7) is 4.09. The van der Waals surface area contributed by atoms with E-state index < -0.39 is 6.10 Å². The molecule has 126 valence electrons. The van der Waals surface area contributed by atoms with Gasteiger partial charge in [0.1, 0.15) is 0 Å². The second kappa shape index (κ2) is 6.45. The van der Waals surface area contributed by atoms with Gasteiger partial charge in [0.15, 0.2) is 10.9 Å². The van der Waals surface area contributed by atoms with Gasteiger partial charge in [0.25, 0.3) is 0 Å². The highest BCUT2D eigenvalue weighted by molar-refractivity contribution is 7.17. The minimum absolute atomic E-state index is 0.0479. The maximum absolute atomic E-state index is 12.2. The number of fused-ring (bicyclic) bond motifs is 1. The summed E-state index contributed by atoms with van der Waals surface area (Å²) in [6.07, 6.45) is 0.324. The van der Waals surface area contributed by atoms with Crippen LogP contribution in [-0.4, -0.2) is 21.8 Å². The summed E-state index contributed by atoms with van der Waals surface area (Å²) >= 11 is 1.22. The van der Waals surface area contributed by atoms with Gasteiger partial charge >= 0.3 is 0 Å². The predicted molar refractivity (Wildman–Crippen MR) is 93.2 cm³/mol. The zero-order valence-electron chi connectivity index (χ0n) is 13.7. The third-order valence-electron chi connectivity index (χ3n) is 4.05. The number of hydrogen-bond acceptors (Lipinski definition) is 5. The number of benzene rings is 1. The molecule has 1 aromatic carbocycles. The summed E-state index contributed by atoms with van der Waals surface area (Å²) in [5, 5.41) is 13.2. The van der Waals surface area contributed by atoms with Gasteiger partial charge in [-0.25, -0.2) is 4.98 Å². The first-order valence-electron chi connectivity index (χ1n) is 7.90. The zero-order chi connectivity index (χ0) is 17.3. The van der Waals surface area contributed by atoms with Crippen LogP contribution < -0.4 is 5.32 Å². The van der Waals surface area contributed by atoms with Crippen molar-refractivity contribution < 1.29 is 14.7 Å². The number of nitrogens with zero attached hydrogens (tertiary/aromatic N) is 1. The van der Waals surface area contributed by atoms with Crippen molar-refractivity contribution in [2.75, 3.05) is 5.32 Å². The molecule has 1 heterocycles. The van der Waals surface area contributed by atoms with Crippen molar-refractivity contribution in [2.24, 2.45) is 5.41 Å². The number of thiazole rings is 1. The van der Waals surface area contributed by atoms with Crippen LogP contribution in [0.1, 0.15) is 53.7 Å².